The largest absolute Gasteiger partial charge is 0.462 e. The molecule has 2 aromatic rings. The Morgan fingerprint density at radius 3 is 2.32 bits per heavy atom. The van der Waals surface area contributed by atoms with E-state index in [-0.39, 0.29) is 23.4 Å². The van der Waals surface area contributed by atoms with Crippen LogP contribution in [0, 0.1) is 24.0 Å². The maximum atomic E-state index is 12.8. The van der Waals surface area contributed by atoms with Crippen molar-refractivity contribution in [2.24, 2.45) is 0 Å². The first-order chi connectivity index (χ1) is 15.8. The third-order valence-electron chi connectivity index (χ3n) is 4.73. The summed E-state index contributed by atoms with van der Waals surface area (Å²) >= 11 is 0. The Labute approximate surface area is 191 Å². The van der Waals surface area contributed by atoms with Gasteiger partial charge in [0.1, 0.15) is 11.7 Å². The van der Waals surface area contributed by atoms with Crippen molar-refractivity contribution in [1.82, 2.24) is 4.98 Å². The maximum Gasteiger partial charge on any atom is 0.416 e. The van der Waals surface area contributed by atoms with Crippen LogP contribution in [0.3, 0.4) is 0 Å². The van der Waals surface area contributed by atoms with Gasteiger partial charge in [-0.15, -0.1) is 0 Å². The average Bonchev–Trinajstić information content (AvgIpc) is 3.04. The predicted molar refractivity (Wildman–Crippen MR) is 113 cm³/mol. The fraction of sp³-hybridized carbons (Fsp3) is 0.381. The molecule has 0 fully saturated rings. The molecule has 0 aliphatic carbocycles. The van der Waals surface area contributed by atoms with E-state index in [1.54, 1.807) is 20.8 Å². The lowest BCUT2D eigenvalue weighted by atomic mass is 10.1. The summed E-state index contributed by atoms with van der Waals surface area (Å²) < 4.78 is 48.4. The van der Waals surface area contributed by atoms with Crippen molar-refractivity contribution >= 4 is 29.1 Å². The van der Waals surface area contributed by atoms with E-state index in [2.05, 4.69) is 10.3 Å². The quantitative estimate of drug-likeness (QED) is 0.235. The molecule has 34 heavy (non-hydrogen) atoms. The van der Waals surface area contributed by atoms with Gasteiger partial charge in [-0.1, -0.05) is 0 Å². The van der Waals surface area contributed by atoms with Crippen molar-refractivity contribution in [2.45, 2.75) is 39.9 Å². The fourth-order valence-corrected chi connectivity index (χ4v) is 3.20. The number of benzene rings is 1. The van der Waals surface area contributed by atoms with Gasteiger partial charge in [0.05, 0.1) is 28.2 Å². The zero-order chi connectivity index (χ0) is 25.8. The van der Waals surface area contributed by atoms with Crippen LogP contribution in [0.15, 0.2) is 18.2 Å². The summed E-state index contributed by atoms with van der Waals surface area (Å²) in [6, 6.07) is 0.553. The minimum absolute atomic E-state index is 0.00254. The second-order valence-electron chi connectivity index (χ2n) is 7.23. The fourth-order valence-electron chi connectivity index (χ4n) is 3.20. The number of nitrogens with one attached hydrogen (secondary N) is 2. The predicted octanol–water partition coefficient (Wildman–Crippen LogP) is 3.96. The van der Waals surface area contributed by atoms with Crippen molar-refractivity contribution in [3.05, 3.63) is 56.4 Å². The third kappa shape index (κ3) is 5.91. The molecule has 10 nitrogen and oxygen atoms in total. The summed E-state index contributed by atoms with van der Waals surface area (Å²) in [5.41, 5.74) is -1.66. The van der Waals surface area contributed by atoms with E-state index in [9.17, 15) is 37.7 Å². The van der Waals surface area contributed by atoms with Gasteiger partial charge in [0.15, 0.2) is 6.61 Å². The van der Waals surface area contributed by atoms with Gasteiger partial charge in [0.25, 0.3) is 5.69 Å². The first-order valence-electron chi connectivity index (χ1n) is 9.96. The lowest BCUT2D eigenvalue weighted by Gasteiger charge is -2.15. The smallest absolute Gasteiger partial charge is 0.416 e. The van der Waals surface area contributed by atoms with E-state index in [0.29, 0.717) is 23.5 Å². The molecule has 0 saturated heterocycles. The molecule has 0 spiro atoms. The number of hydrogen-bond acceptors (Lipinski definition) is 8. The van der Waals surface area contributed by atoms with Crippen molar-refractivity contribution < 1.29 is 42.0 Å². The van der Waals surface area contributed by atoms with Crippen LogP contribution in [0.1, 0.15) is 51.5 Å². The van der Waals surface area contributed by atoms with Crippen molar-refractivity contribution in [1.29, 1.82) is 0 Å². The summed E-state index contributed by atoms with van der Waals surface area (Å²) in [5, 5.41) is 13.6. The topological polar surface area (TPSA) is 141 Å². The van der Waals surface area contributed by atoms with Gasteiger partial charge in [-0.2, -0.15) is 13.2 Å². The van der Waals surface area contributed by atoms with E-state index in [1.165, 1.54) is 6.92 Å². The highest BCUT2D eigenvalue weighted by atomic mass is 19.4. The molecule has 184 valence electrons. The van der Waals surface area contributed by atoms with Crippen molar-refractivity contribution in [3.8, 4) is 0 Å². The van der Waals surface area contributed by atoms with Gasteiger partial charge in [-0.05, 0) is 39.8 Å². The van der Waals surface area contributed by atoms with Gasteiger partial charge in [-0.3, -0.25) is 14.9 Å². The summed E-state index contributed by atoms with van der Waals surface area (Å²) in [7, 11) is 0. The number of halogens is 3. The van der Waals surface area contributed by atoms with E-state index in [4.69, 9.17) is 9.47 Å². The van der Waals surface area contributed by atoms with Crippen LogP contribution < -0.4 is 5.32 Å². The molecule has 0 amide bonds. The number of H-pyrrole nitrogens is 1. The van der Waals surface area contributed by atoms with Gasteiger partial charge >= 0.3 is 18.1 Å². The minimum Gasteiger partial charge on any atom is -0.462 e. The first-order valence-corrected chi connectivity index (χ1v) is 9.96. The number of nitrogens with zero attached hydrogens (tertiary/aromatic N) is 1. The number of nitro groups is 1. The second-order valence-corrected chi connectivity index (χ2v) is 7.23. The number of carbonyl (C=O) groups excluding carboxylic acids is 3. The molecule has 0 radical (unpaired) electrons. The molecule has 0 bridgehead atoms. The lowest BCUT2D eigenvalue weighted by molar-refractivity contribution is -0.384. The summed E-state index contributed by atoms with van der Waals surface area (Å²) in [5.74, 6) is -2.40. The molecule has 0 aliphatic rings. The van der Waals surface area contributed by atoms with Crippen LogP contribution in [-0.4, -0.2) is 46.9 Å². The number of alkyl halides is 3. The lowest BCUT2D eigenvalue weighted by Crippen LogP contribution is -2.30. The minimum atomic E-state index is -4.79. The van der Waals surface area contributed by atoms with E-state index in [0.717, 1.165) is 6.07 Å². The van der Waals surface area contributed by atoms with E-state index in [1.807, 2.05) is 0 Å². The highest BCUT2D eigenvalue weighted by Gasteiger charge is 2.33. The van der Waals surface area contributed by atoms with Crippen LogP contribution >= 0.6 is 0 Å². The maximum absolute atomic E-state index is 12.8. The molecular weight excluding hydrogens is 463 g/mol. The second kappa shape index (κ2) is 10.4. The molecule has 13 heteroatoms. The first kappa shape index (κ1) is 26.4. The molecule has 2 rings (SSSR count). The molecule has 1 aromatic heterocycles. The van der Waals surface area contributed by atoms with Gasteiger partial charge < -0.3 is 19.8 Å². The number of rotatable bonds is 9. The number of aryl methyl sites for hydroxylation is 2. The highest BCUT2D eigenvalue weighted by Crippen LogP contribution is 2.35. The van der Waals surface area contributed by atoms with E-state index < -0.39 is 52.7 Å². The normalized spacial score (nSPS) is 12.1. The molecule has 1 aromatic carbocycles. The Morgan fingerprint density at radius 1 is 1.15 bits per heavy atom. The van der Waals surface area contributed by atoms with E-state index >= 15 is 0 Å². The SMILES string of the molecule is CCOC(=O)c1c(C)[nH]c(C)c1C(=O)COC(=O)[C@H](C)Nc1ccc(C(F)(F)F)cc1[N+](=O)[O-]. The van der Waals surface area contributed by atoms with Crippen LogP contribution in [0.2, 0.25) is 0 Å². The Morgan fingerprint density at radius 2 is 1.76 bits per heavy atom. The van der Waals surface area contributed by atoms with Crippen LogP contribution in [0.4, 0.5) is 24.5 Å². The molecule has 1 heterocycles. The number of ketones is 1. The highest BCUT2D eigenvalue weighted by molar-refractivity contribution is 6.09. The molecular formula is C21H22F3N3O7. The zero-order valence-corrected chi connectivity index (χ0v) is 18.7. The van der Waals surface area contributed by atoms with Gasteiger partial charge in [0, 0.05) is 17.5 Å². The third-order valence-corrected chi connectivity index (χ3v) is 4.73. The number of carbonyl (C=O) groups is 3. The summed E-state index contributed by atoms with van der Waals surface area (Å²) in [6.07, 6.45) is -4.79. The average molecular weight is 485 g/mol. The number of aromatic nitrogens is 1. The van der Waals surface area contributed by atoms with Crippen LogP contribution in [0.5, 0.6) is 0 Å². The molecule has 0 aliphatic heterocycles. The van der Waals surface area contributed by atoms with Crippen molar-refractivity contribution in [3.63, 3.8) is 0 Å². The van der Waals surface area contributed by atoms with Gasteiger partial charge in [0.2, 0.25) is 5.78 Å². The zero-order valence-electron chi connectivity index (χ0n) is 18.7. The Balaban J connectivity index is 2.13. The Kier molecular flexibility index (Phi) is 8.03. The molecule has 0 unspecified atom stereocenters. The monoisotopic (exact) mass is 485 g/mol. The molecule has 0 saturated carbocycles. The Bertz CT molecular complexity index is 1130. The van der Waals surface area contributed by atoms with Crippen molar-refractivity contribution in [2.75, 3.05) is 18.5 Å². The van der Waals surface area contributed by atoms with Crippen LogP contribution in [0.25, 0.3) is 0 Å². The standard InChI is InChI=1S/C21H22F3N3O7/c1-5-33-20(30)18-11(3)25-10(2)17(18)16(28)9-34-19(29)12(4)26-14-7-6-13(21(22,23)24)8-15(14)27(31)32/h6-8,12,25-26H,5,9H2,1-4H3/t12-/m0/s1. The molecule has 2 N–H and O–H groups in total. The van der Waals surface area contributed by atoms with Crippen LogP contribution in [-0.2, 0) is 20.4 Å². The number of esters is 2. The summed E-state index contributed by atoms with van der Waals surface area (Å²) in [4.78, 5) is 50.2. The number of ether oxygens (including phenoxy) is 2. The van der Waals surface area contributed by atoms with Gasteiger partial charge in [-0.25, -0.2) is 9.59 Å². The number of aromatic amines is 1. The number of Topliss-reactive ketones (excluding diaryl/α,β-unsaturated/α-hetero) is 1. The summed E-state index contributed by atoms with van der Waals surface area (Å²) in [6.45, 7) is 5.33. The Hall–Kier alpha value is -3.90. The number of hydrogen-bond donors (Lipinski definition) is 2. The number of nitro benzene ring substituents is 1. The molecule has 1 atom stereocenters. The number of anilines is 1.